The molecule has 3 aromatic rings. The maximum absolute atomic E-state index is 4.06. The largest absolute Gasteiger partial charge is 0.278 e. The summed E-state index contributed by atoms with van der Waals surface area (Å²) in [7, 11) is 0. The van der Waals surface area contributed by atoms with Crippen molar-refractivity contribution in [2.75, 3.05) is 0 Å². The van der Waals surface area contributed by atoms with Crippen molar-refractivity contribution < 1.29 is 0 Å². The number of nitrogens with one attached hydrogen (secondary N) is 1. The Labute approximate surface area is 113 Å². The summed E-state index contributed by atoms with van der Waals surface area (Å²) in [6.45, 7) is 6.71. The van der Waals surface area contributed by atoms with E-state index in [1.807, 2.05) is 6.20 Å². The van der Waals surface area contributed by atoms with Gasteiger partial charge in [0.1, 0.15) is 0 Å². The van der Waals surface area contributed by atoms with Crippen LogP contribution in [0.4, 0.5) is 0 Å². The Balaban J connectivity index is 2.01. The van der Waals surface area contributed by atoms with Crippen LogP contribution in [-0.2, 0) is 5.41 Å². The molecule has 1 aromatic heterocycles. The number of benzene rings is 2. The number of hydrogen-bond acceptors (Lipinski definition) is 1. The zero-order valence-electron chi connectivity index (χ0n) is 11.6. The highest BCUT2D eigenvalue weighted by Gasteiger charge is 2.13. The average Bonchev–Trinajstić information content (AvgIpc) is 2.85. The first-order valence-electron chi connectivity index (χ1n) is 6.58. The Hall–Kier alpha value is -2.09. The van der Waals surface area contributed by atoms with Gasteiger partial charge in [0.15, 0.2) is 0 Å². The number of H-pyrrole nitrogens is 1. The number of nitrogens with zero attached hydrogens (tertiary/aromatic N) is 1. The second-order valence-corrected chi connectivity index (χ2v) is 6.00. The number of aromatic amines is 1. The third kappa shape index (κ3) is 2.26. The molecule has 2 nitrogen and oxygen atoms in total. The van der Waals surface area contributed by atoms with Gasteiger partial charge in [-0.15, -0.1) is 0 Å². The predicted molar refractivity (Wildman–Crippen MR) is 80.2 cm³/mol. The van der Waals surface area contributed by atoms with Gasteiger partial charge in [0.2, 0.25) is 0 Å². The average molecular weight is 250 g/mol. The Morgan fingerprint density at radius 3 is 2.26 bits per heavy atom. The SMILES string of the molecule is CC(C)(C)c1ccc(-c2ccc3[nH]ncc3c2)cc1. The molecule has 0 radical (unpaired) electrons. The summed E-state index contributed by atoms with van der Waals surface area (Å²) in [4.78, 5) is 0. The zero-order chi connectivity index (χ0) is 13.5. The van der Waals surface area contributed by atoms with Gasteiger partial charge in [-0.25, -0.2) is 0 Å². The maximum atomic E-state index is 4.06. The highest BCUT2D eigenvalue weighted by Crippen LogP contribution is 2.27. The van der Waals surface area contributed by atoms with E-state index >= 15 is 0 Å². The molecule has 2 aromatic carbocycles. The van der Waals surface area contributed by atoms with Crippen LogP contribution in [0.25, 0.3) is 22.0 Å². The molecule has 0 amide bonds. The fourth-order valence-corrected chi connectivity index (χ4v) is 2.28. The summed E-state index contributed by atoms with van der Waals surface area (Å²) in [6.07, 6.45) is 1.86. The van der Waals surface area contributed by atoms with Crippen LogP contribution < -0.4 is 0 Å². The fraction of sp³-hybridized carbons (Fsp3) is 0.235. The molecule has 0 atom stereocenters. The van der Waals surface area contributed by atoms with Crippen LogP contribution in [0.15, 0.2) is 48.7 Å². The number of rotatable bonds is 1. The van der Waals surface area contributed by atoms with Gasteiger partial charge in [0, 0.05) is 5.39 Å². The van der Waals surface area contributed by atoms with Gasteiger partial charge in [-0.3, -0.25) is 5.10 Å². The van der Waals surface area contributed by atoms with Gasteiger partial charge in [-0.1, -0.05) is 51.1 Å². The first-order valence-corrected chi connectivity index (χ1v) is 6.58. The van der Waals surface area contributed by atoms with E-state index in [1.54, 1.807) is 0 Å². The summed E-state index contributed by atoms with van der Waals surface area (Å²) in [6, 6.07) is 15.2. The molecule has 0 aliphatic rings. The smallest absolute Gasteiger partial charge is 0.0650 e. The molecule has 19 heavy (non-hydrogen) atoms. The Kier molecular flexibility index (Phi) is 2.67. The molecule has 0 spiro atoms. The first-order chi connectivity index (χ1) is 9.04. The van der Waals surface area contributed by atoms with Crippen LogP contribution in [-0.4, -0.2) is 10.2 Å². The molecular formula is C17H18N2. The van der Waals surface area contributed by atoms with E-state index in [0.717, 1.165) is 10.9 Å². The molecule has 0 unspecified atom stereocenters. The van der Waals surface area contributed by atoms with Crippen molar-refractivity contribution in [2.45, 2.75) is 26.2 Å². The lowest BCUT2D eigenvalue weighted by atomic mass is 9.86. The highest BCUT2D eigenvalue weighted by molar-refractivity contribution is 5.83. The molecule has 0 saturated heterocycles. The molecule has 1 N–H and O–H groups in total. The van der Waals surface area contributed by atoms with E-state index in [4.69, 9.17) is 0 Å². The van der Waals surface area contributed by atoms with Crippen molar-refractivity contribution in [1.82, 2.24) is 10.2 Å². The van der Waals surface area contributed by atoms with E-state index in [0.29, 0.717) is 0 Å². The topological polar surface area (TPSA) is 28.7 Å². The molecule has 0 bridgehead atoms. The molecule has 3 rings (SSSR count). The van der Waals surface area contributed by atoms with Crippen LogP contribution in [0.3, 0.4) is 0 Å². The van der Waals surface area contributed by atoms with E-state index in [9.17, 15) is 0 Å². The van der Waals surface area contributed by atoms with E-state index in [1.165, 1.54) is 16.7 Å². The van der Waals surface area contributed by atoms with Crippen molar-refractivity contribution in [3.63, 3.8) is 0 Å². The summed E-state index contributed by atoms with van der Waals surface area (Å²) in [5, 5.41) is 8.19. The normalized spacial score (nSPS) is 11.9. The van der Waals surface area contributed by atoms with E-state index in [-0.39, 0.29) is 5.41 Å². The highest BCUT2D eigenvalue weighted by atomic mass is 15.1. The van der Waals surface area contributed by atoms with Gasteiger partial charge in [-0.05, 0) is 34.2 Å². The number of hydrogen-bond donors (Lipinski definition) is 1. The van der Waals surface area contributed by atoms with Gasteiger partial charge in [-0.2, -0.15) is 5.10 Å². The third-order valence-electron chi connectivity index (χ3n) is 3.52. The minimum Gasteiger partial charge on any atom is -0.278 e. The summed E-state index contributed by atoms with van der Waals surface area (Å²) >= 11 is 0. The standard InChI is InChI=1S/C17H18N2/c1-17(2,3)15-7-4-12(5-8-15)13-6-9-16-14(10-13)11-18-19-16/h4-11H,1-3H3,(H,18,19). The van der Waals surface area contributed by atoms with Crippen molar-refractivity contribution in [3.05, 3.63) is 54.2 Å². The molecule has 0 saturated carbocycles. The van der Waals surface area contributed by atoms with Crippen molar-refractivity contribution in [2.24, 2.45) is 0 Å². The molecule has 1 heterocycles. The van der Waals surface area contributed by atoms with Crippen LogP contribution in [0, 0.1) is 0 Å². The lowest BCUT2D eigenvalue weighted by Gasteiger charge is -2.19. The summed E-state index contributed by atoms with van der Waals surface area (Å²) < 4.78 is 0. The quantitative estimate of drug-likeness (QED) is 0.675. The minimum absolute atomic E-state index is 0.201. The third-order valence-corrected chi connectivity index (χ3v) is 3.52. The summed E-state index contributed by atoms with van der Waals surface area (Å²) in [5.74, 6) is 0. The molecule has 96 valence electrons. The molecule has 0 fully saturated rings. The van der Waals surface area contributed by atoms with E-state index < -0.39 is 0 Å². The Morgan fingerprint density at radius 1 is 0.895 bits per heavy atom. The molecule has 0 aliphatic heterocycles. The first kappa shape index (κ1) is 12.0. The Morgan fingerprint density at radius 2 is 1.58 bits per heavy atom. The molecular weight excluding hydrogens is 232 g/mol. The number of aromatic nitrogens is 2. The zero-order valence-corrected chi connectivity index (χ0v) is 11.6. The lowest BCUT2D eigenvalue weighted by Crippen LogP contribution is -2.10. The second-order valence-electron chi connectivity index (χ2n) is 6.00. The lowest BCUT2D eigenvalue weighted by molar-refractivity contribution is 0.590. The maximum Gasteiger partial charge on any atom is 0.0650 e. The summed E-state index contributed by atoms with van der Waals surface area (Å²) in [5.41, 5.74) is 5.12. The fourth-order valence-electron chi connectivity index (χ4n) is 2.28. The van der Waals surface area contributed by atoms with E-state index in [2.05, 4.69) is 73.4 Å². The van der Waals surface area contributed by atoms with Crippen LogP contribution >= 0.6 is 0 Å². The molecule has 2 heteroatoms. The van der Waals surface area contributed by atoms with Crippen molar-refractivity contribution >= 4 is 10.9 Å². The van der Waals surface area contributed by atoms with Crippen LogP contribution in [0.2, 0.25) is 0 Å². The van der Waals surface area contributed by atoms with Crippen LogP contribution in [0.5, 0.6) is 0 Å². The van der Waals surface area contributed by atoms with Crippen molar-refractivity contribution in [3.8, 4) is 11.1 Å². The molecule has 0 aliphatic carbocycles. The minimum atomic E-state index is 0.201. The van der Waals surface area contributed by atoms with Crippen molar-refractivity contribution in [1.29, 1.82) is 0 Å². The van der Waals surface area contributed by atoms with Gasteiger partial charge in [0.25, 0.3) is 0 Å². The Bertz CT molecular complexity index is 700. The van der Waals surface area contributed by atoms with Gasteiger partial charge in [0.05, 0.1) is 11.7 Å². The predicted octanol–water partition coefficient (Wildman–Crippen LogP) is 4.53. The second kappa shape index (κ2) is 4.23. The van der Waals surface area contributed by atoms with Gasteiger partial charge < -0.3 is 0 Å². The monoisotopic (exact) mass is 250 g/mol. The number of fused-ring (bicyclic) bond motifs is 1. The van der Waals surface area contributed by atoms with Gasteiger partial charge >= 0.3 is 0 Å². The van der Waals surface area contributed by atoms with Crippen LogP contribution in [0.1, 0.15) is 26.3 Å².